The molecule has 0 amide bonds. The second-order valence-electron chi connectivity index (χ2n) is 2.84. The highest BCUT2D eigenvalue weighted by molar-refractivity contribution is 5.90. The molecule has 1 aromatic rings. The Labute approximate surface area is 77.5 Å². The quantitative estimate of drug-likeness (QED) is 0.695. The van der Waals surface area contributed by atoms with Gasteiger partial charge in [0, 0.05) is 6.54 Å². The molecule has 0 atom stereocenters. The molecular weight excluding hydrogens is 166 g/mol. The average Bonchev–Trinajstić information content (AvgIpc) is 2.16. The Morgan fingerprint density at radius 2 is 2.23 bits per heavy atom. The highest BCUT2D eigenvalue weighted by Crippen LogP contribution is 2.11. The van der Waals surface area contributed by atoms with Crippen molar-refractivity contribution in [3.8, 4) is 0 Å². The molecule has 1 rings (SSSR count). The van der Waals surface area contributed by atoms with E-state index in [9.17, 15) is 4.79 Å². The van der Waals surface area contributed by atoms with Crippen molar-refractivity contribution in [1.29, 1.82) is 0 Å². The van der Waals surface area contributed by atoms with Crippen LogP contribution in [0.4, 0.5) is 0 Å². The lowest BCUT2D eigenvalue weighted by molar-refractivity contribution is 0.0600. The summed E-state index contributed by atoms with van der Waals surface area (Å²) in [5.74, 6) is -0.305. The van der Waals surface area contributed by atoms with Crippen molar-refractivity contribution >= 4 is 5.97 Å². The lowest BCUT2D eigenvalue weighted by atomic mass is 10.1. The maximum atomic E-state index is 11.2. The van der Waals surface area contributed by atoms with Gasteiger partial charge in [-0.05, 0) is 24.1 Å². The highest BCUT2D eigenvalue weighted by atomic mass is 16.5. The third-order valence-corrected chi connectivity index (χ3v) is 1.93. The van der Waals surface area contributed by atoms with E-state index in [1.54, 1.807) is 6.07 Å². The molecule has 0 saturated heterocycles. The second-order valence-corrected chi connectivity index (χ2v) is 2.84. The fraction of sp³-hybridized carbons (Fsp3) is 0.300. The van der Waals surface area contributed by atoms with Crippen molar-refractivity contribution in [2.24, 2.45) is 5.73 Å². The standard InChI is InChI=1S/C10H13NO2/c1-7-5-8(6-11)3-4-9(7)10(12)13-2/h3-5H,6,11H2,1-2H3. The molecule has 0 bridgehead atoms. The molecule has 0 aromatic heterocycles. The largest absolute Gasteiger partial charge is 0.465 e. The number of hydrogen-bond donors (Lipinski definition) is 1. The molecule has 0 aliphatic carbocycles. The first-order chi connectivity index (χ1) is 6.19. The Bertz CT molecular complexity index is 321. The summed E-state index contributed by atoms with van der Waals surface area (Å²) in [4.78, 5) is 11.2. The van der Waals surface area contributed by atoms with Gasteiger partial charge in [0.2, 0.25) is 0 Å². The number of ether oxygens (including phenoxy) is 1. The minimum atomic E-state index is -0.305. The molecular formula is C10H13NO2. The van der Waals surface area contributed by atoms with Crippen LogP contribution in [0.2, 0.25) is 0 Å². The van der Waals surface area contributed by atoms with Gasteiger partial charge in [0.15, 0.2) is 0 Å². The summed E-state index contributed by atoms with van der Waals surface area (Å²) in [6.07, 6.45) is 0. The number of esters is 1. The van der Waals surface area contributed by atoms with E-state index in [0.29, 0.717) is 12.1 Å². The summed E-state index contributed by atoms with van der Waals surface area (Å²) in [7, 11) is 1.37. The zero-order valence-electron chi connectivity index (χ0n) is 7.83. The molecule has 0 radical (unpaired) electrons. The molecule has 0 unspecified atom stereocenters. The molecule has 3 heteroatoms. The summed E-state index contributed by atoms with van der Waals surface area (Å²) < 4.78 is 4.62. The lowest BCUT2D eigenvalue weighted by Crippen LogP contribution is -2.05. The zero-order valence-corrected chi connectivity index (χ0v) is 7.83. The van der Waals surface area contributed by atoms with Gasteiger partial charge in [-0.2, -0.15) is 0 Å². The van der Waals surface area contributed by atoms with Gasteiger partial charge in [0.1, 0.15) is 0 Å². The smallest absolute Gasteiger partial charge is 0.338 e. The fourth-order valence-electron chi connectivity index (χ4n) is 1.19. The van der Waals surface area contributed by atoms with Crippen LogP contribution < -0.4 is 5.73 Å². The first-order valence-corrected chi connectivity index (χ1v) is 4.07. The van der Waals surface area contributed by atoms with Crippen LogP contribution in [0.3, 0.4) is 0 Å². The lowest BCUT2D eigenvalue weighted by Gasteiger charge is -2.04. The van der Waals surface area contributed by atoms with Crippen LogP contribution in [0.5, 0.6) is 0 Å². The van der Waals surface area contributed by atoms with E-state index in [0.717, 1.165) is 11.1 Å². The maximum Gasteiger partial charge on any atom is 0.338 e. The monoisotopic (exact) mass is 179 g/mol. The normalized spacial score (nSPS) is 9.77. The molecule has 1 aromatic carbocycles. The minimum absolute atomic E-state index is 0.305. The molecule has 13 heavy (non-hydrogen) atoms. The van der Waals surface area contributed by atoms with Crippen molar-refractivity contribution in [3.63, 3.8) is 0 Å². The SMILES string of the molecule is COC(=O)c1ccc(CN)cc1C. The molecule has 0 aliphatic heterocycles. The van der Waals surface area contributed by atoms with Crippen molar-refractivity contribution in [3.05, 3.63) is 34.9 Å². The van der Waals surface area contributed by atoms with E-state index in [1.165, 1.54) is 7.11 Å². The number of carbonyl (C=O) groups is 1. The first-order valence-electron chi connectivity index (χ1n) is 4.07. The van der Waals surface area contributed by atoms with Crippen LogP contribution in [0.15, 0.2) is 18.2 Å². The number of benzene rings is 1. The highest BCUT2D eigenvalue weighted by Gasteiger charge is 2.08. The number of carbonyl (C=O) groups excluding carboxylic acids is 1. The van der Waals surface area contributed by atoms with E-state index >= 15 is 0 Å². The van der Waals surface area contributed by atoms with E-state index < -0.39 is 0 Å². The topological polar surface area (TPSA) is 52.3 Å². The summed E-state index contributed by atoms with van der Waals surface area (Å²) in [6, 6.07) is 5.47. The maximum absolute atomic E-state index is 11.2. The molecule has 0 fully saturated rings. The van der Waals surface area contributed by atoms with Gasteiger partial charge in [-0.25, -0.2) is 4.79 Å². The number of methoxy groups -OCH3 is 1. The molecule has 2 N–H and O–H groups in total. The molecule has 3 nitrogen and oxygen atoms in total. The zero-order chi connectivity index (χ0) is 9.84. The van der Waals surface area contributed by atoms with Gasteiger partial charge in [0.25, 0.3) is 0 Å². The van der Waals surface area contributed by atoms with Crippen LogP contribution in [0.1, 0.15) is 21.5 Å². The first kappa shape index (κ1) is 9.74. The van der Waals surface area contributed by atoms with Crippen LogP contribution >= 0.6 is 0 Å². The summed E-state index contributed by atoms with van der Waals surface area (Å²) in [5.41, 5.74) is 7.97. The molecule has 0 spiro atoms. The number of aryl methyl sites for hydroxylation is 1. The number of hydrogen-bond acceptors (Lipinski definition) is 3. The minimum Gasteiger partial charge on any atom is -0.465 e. The number of nitrogens with two attached hydrogens (primary N) is 1. The Morgan fingerprint density at radius 1 is 1.54 bits per heavy atom. The van der Waals surface area contributed by atoms with Crippen molar-refractivity contribution in [1.82, 2.24) is 0 Å². The van der Waals surface area contributed by atoms with E-state index in [2.05, 4.69) is 4.74 Å². The summed E-state index contributed by atoms with van der Waals surface area (Å²) >= 11 is 0. The second kappa shape index (κ2) is 4.05. The van der Waals surface area contributed by atoms with Crippen LogP contribution in [0.25, 0.3) is 0 Å². The van der Waals surface area contributed by atoms with Gasteiger partial charge in [0.05, 0.1) is 12.7 Å². The van der Waals surface area contributed by atoms with Crippen LogP contribution in [0, 0.1) is 6.92 Å². The van der Waals surface area contributed by atoms with Gasteiger partial charge in [-0.15, -0.1) is 0 Å². The van der Waals surface area contributed by atoms with E-state index in [4.69, 9.17) is 5.73 Å². The van der Waals surface area contributed by atoms with E-state index in [1.807, 2.05) is 19.1 Å². The van der Waals surface area contributed by atoms with E-state index in [-0.39, 0.29) is 5.97 Å². The van der Waals surface area contributed by atoms with Crippen molar-refractivity contribution in [2.45, 2.75) is 13.5 Å². The summed E-state index contributed by atoms with van der Waals surface area (Å²) in [6.45, 7) is 2.35. The van der Waals surface area contributed by atoms with Crippen LogP contribution in [-0.2, 0) is 11.3 Å². The van der Waals surface area contributed by atoms with Crippen molar-refractivity contribution in [2.75, 3.05) is 7.11 Å². The van der Waals surface area contributed by atoms with Gasteiger partial charge < -0.3 is 10.5 Å². The van der Waals surface area contributed by atoms with Crippen molar-refractivity contribution < 1.29 is 9.53 Å². The molecule has 0 heterocycles. The molecule has 0 saturated carbocycles. The Balaban J connectivity index is 3.05. The summed E-state index contributed by atoms with van der Waals surface area (Å²) in [5, 5.41) is 0. The average molecular weight is 179 g/mol. The third kappa shape index (κ3) is 2.06. The van der Waals surface area contributed by atoms with Gasteiger partial charge in [-0.1, -0.05) is 12.1 Å². The fourth-order valence-corrected chi connectivity index (χ4v) is 1.19. The van der Waals surface area contributed by atoms with Gasteiger partial charge in [-0.3, -0.25) is 0 Å². The third-order valence-electron chi connectivity index (χ3n) is 1.93. The molecule has 0 aliphatic rings. The Morgan fingerprint density at radius 3 is 2.69 bits per heavy atom. The predicted octanol–water partition coefficient (Wildman–Crippen LogP) is 1.24. The Kier molecular flexibility index (Phi) is 3.03. The van der Waals surface area contributed by atoms with Gasteiger partial charge >= 0.3 is 5.97 Å². The van der Waals surface area contributed by atoms with Crippen LogP contribution in [-0.4, -0.2) is 13.1 Å². The molecule has 70 valence electrons. The number of rotatable bonds is 2. The predicted molar refractivity (Wildman–Crippen MR) is 50.4 cm³/mol. The Hall–Kier alpha value is -1.35.